The molecule has 37 heavy (non-hydrogen) atoms. The molecule has 2 heterocycles. The Balaban J connectivity index is 1.45. The Morgan fingerprint density at radius 3 is 2.38 bits per heavy atom. The molecule has 1 unspecified atom stereocenters. The minimum absolute atomic E-state index is 0.0655. The summed E-state index contributed by atoms with van der Waals surface area (Å²) in [7, 11) is -1.77. The second kappa shape index (κ2) is 11.9. The highest BCUT2D eigenvalue weighted by molar-refractivity contribution is 7.86. The fourth-order valence-electron chi connectivity index (χ4n) is 3.22. The maximum atomic E-state index is 12.9. The van der Waals surface area contributed by atoms with Crippen molar-refractivity contribution < 1.29 is 13.8 Å². The van der Waals surface area contributed by atoms with E-state index in [1.807, 2.05) is 12.1 Å². The first-order valence-electron chi connectivity index (χ1n) is 11.0. The normalized spacial score (nSPS) is 11.4. The number of halogens is 2. The molecule has 4 aromatic rings. The first kappa shape index (κ1) is 26.2. The van der Waals surface area contributed by atoms with Crippen LogP contribution in [0.3, 0.4) is 0 Å². The van der Waals surface area contributed by atoms with E-state index in [0.717, 1.165) is 0 Å². The molecule has 188 valence electrons. The van der Waals surface area contributed by atoms with E-state index in [4.69, 9.17) is 23.2 Å². The van der Waals surface area contributed by atoms with Crippen LogP contribution in [0.15, 0.2) is 78.1 Å². The second-order valence-corrected chi connectivity index (χ2v) is 9.56. The molecule has 4 rings (SSSR count). The molecule has 0 bridgehead atoms. The summed E-state index contributed by atoms with van der Waals surface area (Å²) >= 11 is 12.7. The Morgan fingerprint density at radius 2 is 1.70 bits per heavy atom. The van der Waals surface area contributed by atoms with Crippen LogP contribution in [0.2, 0.25) is 10.0 Å². The number of pyridine rings is 1. The van der Waals surface area contributed by atoms with Crippen LogP contribution in [0.4, 0.5) is 11.6 Å². The van der Waals surface area contributed by atoms with Gasteiger partial charge in [-0.05, 0) is 55.5 Å². The van der Waals surface area contributed by atoms with E-state index >= 15 is 0 Å². The number of anilines is 2. The van der Waals surface area contributed by atoms with Gasteiger partial charge in [0.1, 0.15) is 0 Å². The zero-order chi connectivity index (χ0) is 26.4. The molecule has 0 saturated heterocycles. The lowest BCUT2D eigenvalue weighted by Gasteiger charge is -2.11. The van der Waals surface area contributed by atoms with E-state index in [9.17, 15) is 13.8 Å². The van der Waals surface area contributed by atoms with Gasteiger partial charge in [0, 0.05) is 36.4 Å². The van der Waals surface area contributed by atoms with Crippen LogP contribution in [0, 0.1) is 0 Å². The van der Waals surface area contributed by atoms with Gasteiger partial charge in [0.05, 0.1) is 31.8 Å². The van der Waals surface area contributed by atoms with E-state index in [1.54, 1.807) is 37.4 Å². The number of hydrogen-bond donors (Lipinski definition) is 3. The predicted molar refractivity (Wildman–Crippen MR) is 144 cm³/mol. The molecule has 3 N–H and O–H groups in total. The summed E-state index contributed by atoms with van der Waals surface area (Å²) in [4.78, 5) is 37.3. The summed E-state index contributed by atoms with van der Waals surface area (Å²) in [6, 6.07) is 14.9. The fraction of sp³-hybridized carbons (Fsp3) is 0.0800. The zero-order valence-electron chi connectivity index (χ0n) is 19.4. The monoisotopic (exact) mass is 554 g/mol. The zero-order valence-corrected chi connectivity index (χ0v) is 21.7. The first-order chi connectivity index (χ1) is 17.9. The number of carbonyl (C=O) groups excluding carboxylic acids is 2. The molecular formula is C25H20Cl2N6O3S. The predicted octanol–water partition coefficient (Wildman–Crippen LogP) is 4.98. The quantitative estimate of drug-likeness (QED) is 0.282. The Hall–Kier alpha value is -3.86. The molecule has 2 aromatic carbocycles. The van der Waals surface area contributed by atoms with Crippen molar-refractivity contribution >= 4 is 57.6 Å². The van der Waals surface area contributed by atoms with Crippen LogP contribution >= 0.6 is 23.2 Å². The van der Waals surface area contributed by atoms with Gasteiger partial charge in [-0.2, -0.15) is 0 Å². The Morgan fingerprint density at radius 1 is 0.919 bits per heavy atom. The van der Waals surface area contributed by atoms with E-state index < -0.39 is 16.9 Å². The maximum Gasteiger partial charge on any atom is 0.257 e. The second-order valence-electron chi connectivity index (χ2n) is 7.53. The van der Waals surface area contributed by atoms with E-state index in [0.29, 0.717) is 33.4 Å². The van der Waals surface area contributed by atoms with E-state index in [1.165, 1.54) is 30.6 Å². The third-order valence-corrected chi connectivity index (χ3v) is 6.69. The van der Waals surface area contributed by atoms with Crippen molar-refractivity contribution in [2.24, 2.45) is 0 Å². The minimum atomic E-state index is -1.77. The molecule has 0 radical (unpaired) electrons. The summed E-state index contributed by atoms with van der Waals surface area (Å²) < 4.78 is 15.4. The minimum Gasteiger partial charge on any atom is -0.352 e. The average molecular weight is 555 g/mol. The van der Waals surface area contributed by atoms with Crippen molar-refractivity contribution in [1.82, 2.24) is 20.3 Å². The Labute approximate surface area is 225 Å². The summed E-state index contributed by atoms with van der Waals surface area (Å²) in [6.45, 7) is 2.28. The molecule has 1 atom stereocenters. The fourth-order valence-corrected chi connectivity index (χ4v) is 4.57. The van der Waals surface area contributed by atoms with Gasteiger partial charge in [-0.1, -0.05) is 29.3 Å². The van der Waals surface area contributed by atoms with Crippen LogP contribution in [0.5, 0.6) is 0 Å². The molecule has 9 nitrogen and oxygen atoms in total. The summed E-state index contributed by atoms with van der Waals surface area (Å²) in [5.74, 6) is -0.688. The average Bonchev–Trinajstić information content (AvgIpc) is 2.90. The standard InChI is InChI=1S/C25H20Cl2N6O3S/c1-2-28-23(34)15-13-30-25(31-14-15)33-37(36)17-7-8-18(21(27)12-17)24(35)32-16-6-9-20(26)19(11-16)22-5-3-4-10-29-22/h3-14H,2H2,1H3,(H,28,34)(H,32,35)(H,30,31,33). The van der Waals surface area contributed by atoms with Crippen molar-refractivity contribution in [1.29, 1.82) is 0 Å². The number of carbonyl (C=O) groups is 2. The third-order valence-electron chi connectivity index (χ3n) is 5.00. The van der Waals surface area contributed by atoms with Gasteiger partial charge in [0.2, 0.25) is 5.95 Å². The number of nitrogens with one attached hydrogen (secondary N) is 3. The van der Waals surface area contributed by atoms with E-state index in [-0.39, 0.29) is 28.0 Å². The van der Waals surface area contributed by atoms with Gasteiger partial charge in [0.15, 0.2) is 11.0 Å². The Kier molecular flexibility index (Phi) is 8.44. The lowest BCUT2D eigenvalue weighted by atomic mass is 10.1. The molecule has 0 spiro atoms. The Bertz CT molecular complexity index is 1470. The first-order valence-corrected chi connectivity index (χ1v) is 12.9. The van der Waals surface area contributed by atoms with Gasteiger partial charge in [0.25, 0.3) is 11.8 Å². The number of amides is 2. The van der Waals surface area contributed by atoms with Crippen LogP contribution in [0.1, 0.15) is 27.6 Å². The molecule has 2 amide bonds. The highest BCUT2D eigenvalue weighted by atomic mass is 35.5. The van der Waals surface area contributed by atoms with Crippen LogP contribution in [0.25, 0.3) is 11.3 Å². The van der Waals surface area contributed by atoms with Crippen molar-refractivity contribution in [2.45, 2.75) is 11.8 Å². The van der Waals surface area contributed by atoms with Crippen LogP contribution < -0.4 is 15.4 Å². The van der Waals surface area contributed by atoms with Gasteiger partial charge in [-0.25, -0.2) is 14.2 Å². The molecule has 0 aliphatic heterocycles. The van der Waals surface area contributed by atoms with Gasteiger partial charge in [-0.3, -0.25) is 19.3 Å². The largest absolute Gasteiger partial charge is 0.352 e. The number of nitrogens with zero attached hydrogens (tertiary/aromatic N) is 3. The molecule has 2 aromatic heterocycles. The number of rotatable bonds is 8. The molecule has 0 aliphatic rings. The van der Waals surface area contributed by atoms with Crippen LogP contribution in [-0.2, 0) is 11.0 Å². The summed E-state index contributed by atoms with van der Waals surface area (Å²) in [5.41, 5.74) is 2.32. The third kappa shape index (κ3) is 6.48. The molecule has 12 heteroatoms. The lowest BCUT2D eigenvalue weighted by molar-refractivity contribution is 0.0954. The topological polar surface area (TPSA) is 126 Å². The maximum absolute atomic E-state index is 12.9. The van der Waals surface area contributed by atoms with Crippen LogP contribution in [-0.4, -0.2) is 37.5 Å². The molecule has 0 saturated carbocycles. The SMILES string of the molecule is CCNC(=O)c1cnc(NS(=O)c2ccc(C(=O)Nc3ccc(Cl)c(-c4ccccn4)c3)c(Cl)c2)nc1. The number of aromatic nitrogens is 3. The molecule has 0 aliphatic carbocycles. The van der Waals surface area contributed by atoms with Crippen molar-refractivity contribution in [3.63, 3.8) is 0 Å². The highest BCUT2D eigenvalue weighted by Crippen LogP contribution is 2.30. The van der Waals surface area contributed by atoms with Crippen molar-refractivity contribution in [3.8, 4) is 11.3 Å². The lowest BCUT2D eigenvalue weighted by Crippen LogP contribution is -2.23. The van der Waals surface area contributed by atoms with Crippen molar-refractivity contribution in [2.75, 3.05) is 16.6 Å². The van der Waals surface area contributed by atoms with E-state index in [2.05, 4.69) is 30.3 Å². The molecular weight excluding hydrogens is 535 g/mol. The highest BCUT2D eigenvalue weighted by Gasteiger charge is 2.16. The summed E-state index contributed by atoms with van der Waals surface area (Å²) in [6.07, 6.45) is 4.31. The number of benzene rings is 2. The van der Waals surface area contributed by atoms with Gasteiger partial charge >= 0.3 is 0 Å². The van der Waals surface area contributed by atoms with Gasteiger partial charge in [-0.15, -0.1) is 0 Å². The van der Waals surface area contributed by atoms with Gasteiger partial charge < -0.3 is 10.6 Å². The summed E-state index contributed by atoms with van der Waals surface area (Å²) in [5, 5.41) is 6.04. The van der Waals surface area contributed by atoms with Crippen molar-refractivity contribution in [3.05, 3.63) is 94.4 Å². The molecule has 0 fully saturated rings. The number of hydrogen-bond acceptors (Lipinski definition) is 6. The smallest absolute Gasteiger partial charge is 0.257 e.